The van der Waals surface area contributed by atoms with Crippen LogP contribution in [0, 0.1) is 0 Å². The van der Waals surface area contributed by atoms with Crippen molar-refractivity contribution in [2.45, 2.75) is 20.0 Å². The van der Waals surface area contributed by atoms with Crippen LogP contribution in [0.15, 0.2) is 30.6 Å². The molecule has 1 fully saturated rings. The first-order chi connectivity index (χ1) is 11.7. The summed E-state index contributed by atoms with van der Waals surface area (Å²) >= 11 is 0. The minimum Gasteiger partial charge on any atom is -0.478 e. The topological polar surface area (TPSA) is 46.4 Å². The largest absolute Gasteiger partial charge is 0.478 e. The molecule has 0 unspecified atom stereocenters. The van der Waals surface area contributed by atoms with Crippen LogP contribution in [0.2, 0.25) is 0 Å². The minimum atomic E-state index is -2.55. The number of imidazole rings is 1. The molecule has 8 heteroatoms. The Balaban J connectivity index is 1.57. The van der Waals surface area contributed by atoms with Crippen LogP contribution in [-0.4, -0.2) is 52.2 Å². The molecule has 0 N–H and O–H groups in total. The van der Waals surface area contributed by atoms with E-state index >= 15 is 0 Å². The highest BCUT2D eigenvalue weighted by Gasteiger charge is 2.21. The summed E-state index contributed by atoms with van der Waals surface area (Å²) in [5, 5.41) is 0. The Morgan fingerprint density at radius 2 is 2.00 bits per heavy atom. The van der Waals surface area contributed by atoms with E-state index in [9.17, 15) is 8.78 Å². The van der Waals surface area contributed by atoms with Gasteiger partial charge in [0.1, 0.15) is 11.6 Å². The number of rotatable bonds is 6. The number of anilines is 1. The van der Waals surface area contributed by atoms with Crippen molar-refractivity contribution in [2.75, 3.05) is 37.7 Å². The van der Waals surface area contributed by atoms with Crippen molar-refractivity contribution in [3.8, 4) is 5.88 Å². The average molecular weight is 337 g/mol. The number of alkyl halides is 2. The molecule has 0 amide bonds. The zero-order valence-electron chi connectivity index (χ0n) is 13.6. The standard InChI is InChI=1S/C16H21F2N5O/c1-2-24-15-5-3-4-13(20-15)22-10-8-21(9-11-22)12-14-19-6-7-23(14)16(17)18/h3-7,16H,2,8-12H2,1H3. The fourth-order valence-electron chi connectivity index (χ4n) is 2.79. The van der Waals surface area contributed by atoms with Crippen LogP contribution in [0.3, 0.4) is 0 Å². The van der Waals surface area contributed by atoms with E-state index in [-0.39, 0.29) is 0 Å². The molecule has 0 aliphatic carbocycles. The number of hydrogen-bond donors (Lipinski definition) is 0. The van der Waals surface area contributed by atoms with E-state index in [4.69, 9.17) is 4.74 Å². The summed E-state index contributed by atoms with van der Waals surface area (Å²) in [4.78, 5) is 12.8. The van der Waals surface area contributed by atoms with E-state index in [1.54, 1.807) is 0 Å². The second kappa shape index (κ2) is 7.57. The molecular formula is C16H21F2N5O. The maximum absolute atomic E-state index is 12.9. The van der Waals surface area contributed by atoms with E-state index < -0.39 is 6.55 Å². The summed E-state index contributed by atoms with van der Waals surface area (Å²) in [7, 11) is 0. The van der Waals surface area contributed by atoms with Gasteiger partial charge >= 0.3 is 6.55 Å². The molecule has 1 saturated heterocycles. The van der Waals surface area contributed by atoms with Crippen LogP contribution in [-0.2, 0) is 6.54 Å². The van der Waals surface area contributed by atoms with Crippen molar-refractivity contribution in [1.82, 2.24) is 19.4 Å². The van der Waals surface area contributed by atoms with Crippen LogP contribution < -0.4 is 9.64 Å². The van der Waals surface area contributed by atoms with Crippen molar-refractivity contribution in [2.24, 2.45) is 0 Å². The first-order valence-corrected chi connectivity index (χ1v) is 8.04. The van der Waals surface area contributed by atoms with E-state index in [1.807, 2.05) is 25.1 Å². The molecule has 24 heavy (non-hydrogen) atoms. The quantitative estimate of drug-likeness (QED) is 0.810. The van der Waals surface area contributed by atoms with Gasteiger partial charge in [0.15, 0.2) is 0 Å². The Morgan fingerprint density at radius 1 is 1.21 bits per heavy atom. The van der Waals surface area contributed by atoms with Gasteiger partial charge in [0, 0.05) is 44.6 Å². The fraction of sp³-hybridized carbons (Fsp3) is 0.500. The van der Waals surface area contributed by atoms with E-state index in [0.717, 1.165) is 36.6 Å². The molecule has 6 nitrogen and oxygen atoms in total. The Bertz CT molecular complexity index is 655. The fourth-order valence-corrected chi connectivity index (χ4v) is 2.79. The number of piperazine rings is 1. The normalized spacial score (nSPS) is 15.9. The monoisotopic (exact) mass is 337 g/mol. The maximum atomic E-state index is 12.9. The predicted molar refractivity (Wildman–Crippen MR) is 86.4 cm³/mol. The van der Waals surface area contributed by atoms with Crippen molar-refractivity contribution in [3.05, 3.63) is 36.4 Å². The maximum Gasteiger partial charge on any atom is 0.319 e. The number of ether oxygens (including phenoxy) is 1. The number of halogens is 2. The Kier molecular flexibility index (Phi) is 5.24. The van der Waals surface area contributed by atoms with E-state index in [0.29, 0.717) is 24.9 Å². The third-order valence-corrected chi connectivity index (χ3v) is 4.02. The van der Waals surface area contributed by atoms with Gasteiger partial charge in [-0.2, -0.15) is 13.8 Å². The summed E-state index contributed by atoms with van der Waals surface area (Å²) in [5.74, 6) is 1.90. The average Bonchev–Trinajstić information content (AvgIpc) is 3.05. The summed E-state index contributed by atoms with van der Waals surface area (Å²) in [6.07, 6.45) is 2.74. The van der Waals surface area contributed by atoms with Gasteiger partial charge in [-0.05, 0) is 13.0 Å². The number of aromatic nitrogens is 3. The van der Waals surface area contributed by atoms with Gasteiger partial charge in [0.25, 0.3) is 0 Å². The van der Waals surface area contributed by atoms with Gasteiger partial charge < -0.3 is 9.64 Å². The van der Waals surface area contributed by atoms with Gasteiger partial charge in [-0.1, -0.05) is 6.07 Å². The second-order valence-corrected chi connectivity index (χ2v) is 5.56. The molecule has 0 bridgehead atoms. The van der Waals surface area contributed by atoms with E-state index in [2.05, 4.69) is 19.8 Å². The molecule has 0 spiro atoms. The molecule has 0 atom stereocenters. The number of hydrogen-bond acceptors (Lipinski definition) is 5. The van der Waals surface area contributed by atoms with Gasteiger partial charge in [-0.3, -0.25) is 9.47 Å². The summed E-state index contributed by atoms with van der Waals surface area (Å²) < 4.78 is 32.1. The van der Waals surface area contributed by atoms with Crippen molar-refractivity contribution in [3.63, 3.8) is 0 Å². The summed E-state index contributed by atoms with van der Waals surface area (Å²) in [6, 6.07) is 5.73. The molecule has 130 valence electrons. The van der Waals surface area contributed by atoms with Crippen molar-refractivity contribution in [1.29, 1.82) is 0 Å². The zero-order valence-corrected chi connectivity index (χ0v) is 13.6. The molecule has 3 rings (SSSR count). The van der Waals surface area contributed by atoms with Gasteiger partial charge in [0.2, 0.25) is 5.88 Å². The summed E-state index contributed by atoms with van der Waals surface area (Å²) in [5.41, 5.74) is 0. The smallest absolute Gasteiger partial charge is 0.319 e. The molecule has 2 aromatic rings. The van der Waals surface area contributed by atoms with Crippen LogP contribution in [0.25, 0.3) is 0 Å². The number of pyridine rings is 1. The summed E-state index contributed by atoms with van der Waals surface area (Å²) in [6.45, 7) is 3.52. The van der Waals surface area contributed by atoms with Crippen LogP contribution in [0.4, 0.5) is 14.6 Å². The van der Waals surface area contributed by atoms with Gasteiger partial charge in [0.05, 0.1) is 13.2 Å². The van der Waals surface area contributed by atoms with E-state index in [1.165, 1.54) is 12.4 Å². The Morgan fingerprint density at radius 3 is 2.71 bits per heavy atom. The molecule has 1 aliphatic heterocycles. The number of nitrogens with zero attached hydrogens (tertiary/aromatic N) is 5. The van der Waals surface area contributed by atoms with Crippen molar-refractivity contribution < 1.29 is 13.5 Å². The highest BCUT2D eigenvalue weighted by Crippen LogP contribution is 2.19. The minimum absolute atomic E-state index is 0.398. The Hall–Kier alpha value is -2.22. The third kappa shape index (κ3) is 3.81. The Labute approximate surface area is 139 Å². The lowest BCUT2D eigenvalue weighted by molar-refractivity contribution is 0.0637. The first kappa shape index (κ1) is 16.6. The van der Waals surface area contributed by atoms with Crippen LogP contribution >= 0.6 is 0 Å². The highest BCUT2D eigenvalue weighted by molar-refractivity contribution is 5.41. The highest BCUT2D eigenvalue weighted by atomic mass is 19.3. The van der Waals surface area contributed by atoms with Crippen molar-refractivity contribution >= 4 is 5.82 Å². The lowest BCUT2D eigenvalue weighted by atomic mass is 10.3. The SMILES string of the molecule is CCOc1cccc(N2CCN(Cc3nccn3C(F)F)CC2)n1. The lowest BCUT2D eigenvalue weighted by Gasteiger charge is -2.35. The molecule has 1 aliphatic rings. The molecule has 2 aromatic heterocycles. The second-order valence-electron chi connectivity index (χ2n) is 5.56. The van der Waals surface area contributed by atoms with Crippen LogP contribution in [0.5, 0.6) is 5.88 Å². The molecular weight excluding hydrogens is 316 g/mol. The molecule has 0 radical (unpaired) electrons. The molecule has 3 heterocycles. The third-order valence-electron chi connectivity index (χ3n) is 4.02. The lowest BCUT2D eigenvalue weighted by Crippen LogP contribution is -2.46. The van der Waals surface area contributed by atoms with Gasteiger partial charge in [-0.25, -0.2) is 4.98 Å². The zero-order chi connectivity index (χ0) is 16.9. The van der Waals surface area contributed by atoms with Gasteiger partial charge in [-0.15, -0.1) is 0 Å². The first-order valence-electron chi connectivity index (χ1n) is 8.04. The predicted octanol–water partition coefficient (Wildman–Crippen LogP) is 2.39. The molecule has 0 saturated carbocycles. The van der Waals surface area contributed by atoms with Crippen LogP contribution in [0.1, 0.15) is 19.3 Å². The molecule has 0 aromatic carbocycles.